The van der Waals surface area contributed by atoms with Crippen LogP contribution in [-0.4, -0.2) is 51.9 Å². The molecule has 3 aromatic rings. The van der Waals surface area contributed by atoms with E-state index in [1.54, 1.807) is 23.0 Å². The zero-order valence-corrected chi connectivity index (χ0v) is 25.1. The molecular weight excluding hydrogens is 532 g/mol. The smallest absolute Gasteiger partial charge is 0.264 e. The lowest BCUT2D eigenvalue weighted by Crippen LogP contribution is -2.51. The van der Waals surface area contributed by atoms with E-state index in [-0.39, 0.29) is 30.1 Å². The highest BCUT2D eigenvalue weighted by atomic mass is 28.3. The number of carbonyl (C=O) groups is 2. The van der Waals surface area contributed by atoms with Gasteiger partial charge >= 0.3 is 0 Å². The molecule has 7 nitrogen and oxygen atoms in total. The lowest BCUT2D eigenvalue weighted by Gasteiger charge is -2.37. The zero-order valence-electron chi connectivity index (χ0n) is 24.1. The van der Waals surface area contributed by atoms with E-state index in [2.05, 4.69) is 38.7 Å². The van der Waals surface area contributed by atoms with Crippen LogP contribution in [0.15, 0.2) is 85.5 Å². The molecule has 0 saturated carbocycles. The Balaban J connectivity index is 1.65. The molecular formula is C33H38N2O5Si. The van der Waals surface area contributed by atoms with Gasteiger partial charge in [0, 0.05) is 36.0 Å². The monoisotopic (exact) mass is 570 g/mol. The highest BCUT2D eigenvalue weighted by molar-refractivity contribution is 6.91. The summed E-state index contributed by atoms with van der Waals surface area (Å²) in [5.41, 5.74) is 1.68. The molecule has 2 aliphatic heterocycles. The second kappa shape index (κ2) is 11.3. The Hall–Kier alpha value is -3.72. The highest BCUT2D eigenvalue weighted by Crippen LogP contribution is 2.60. The molecule has 0 radical (unpaired) electrons. The first-order chi connectivity index (χ1) is 19.7. The fraction of sp³-hybridized carbons (Fsp3) is 0.333. The van der Waals surface area contributed by atoms with E-state index < -0.39 is 13.7 Å². The van der Waals surface area contributed by atoms with Gasteiger partial charge in [0.25, 0.3) is 5.91 Å². The van der Waals surface area contributed by atoms with Crippen LogP contribution in [-0.2, 0) is 19.9 Å². The van der Waals surface area contributed by atoms with E-state index in [0.717, 1.165) is 29.1 Å². The molecule has 2 aliphatic rings. The predicted octanol–water partition coefficient (Wildman–Crippen LogP) is 5.12. The van der Waals surface area contributed by atoms with Crippen molar-refractivity contribution in [3.05, 3.63) is 91.0 Å². The molecule has 0 unspecified atom stereocenters. The first-order valence-corrected chi connectivity index (χ1v) is 17.1. The second-order valence-electron chi connectivity index (χ2n) is 11.4. The van der Waals surface area contributed by atoms with E-state index in [4.69, 9.17) is 9.47 Å². The summed E-state index contributed by atoms with van der Waals surface area (Å²) in [6.07, 6.45) is 2.61. The molecule has 0 aliphatic carbocycles. The van der Waals surface area contributed by atoms with Crippen molar-refractivity contribution in [1.29, 1.82) is 0 Å². The number of hydrogen-bond acceptors (Lipinski definition) is 5. The summed E-state index contributed by atoms with van der Waals surface area (Å²) in [5, 5.41) is 11.3. The summed E-state index contributed by atoms with van der Waals surface area (Å²) in [7, 11) is -0.620. The second-order valence-corrected chi connectivity index (χ2v) is 16.1. The van der Waals surface area contributed by atoms with Crippen LogP contribution in [0.1, 0.15) is 18.9 Å². The van der Waals surface area contributed by atoms with Crippen LogP contribution in [0.3, 0.4) is 0 Å². The minimum absolute atomic E-state index is 0.0310. The number of nitrogens with zero attached hydrogens (tertiary/aromatic N) is 2. The third kappa shape index (κ3) is 4.60. The van der Waals surface area contributed by atoms with Gasteiger partial charge in [-0.15, -0.1) is 6.58 Å². The van der Waals surface area contributed by atoms with Gasteiger partial charge in [-0.1, -0.05) is 61.6 Å². The van der Waals surface area contributed by atoms with Crippen LogP contribution in [0.5, 0.6) is 5.75 Å². The lowest BCUT2D eigenvalue weighted by molar-refractivity contribution is -0.146. The van der Waals surface area contributed by atoms with Crippen molar-refractivity contribution in [2.45, 2.75) is 43.7 Å². The van der Waals surface area contributed by atoms with E-state index in [1.807, 2.05) is 60.7 Å². The average molecular weight is 571 g/mol. The number of methoxy groups -OCH3 is 1. The normalized spacial score (nSPS) is 23.5. The largest absolute Gasteiger partial charge is 0.497 e. The molecule has 1 spiro atoms. The van der Waals surface area contributed by atoms with Crippen LogP contribution in [0.25, 0.3) is 0 Å². The number of hydrogen-bond donors (Lipinski definition) is 1. The van der Waals surface area contributed by atoms with Crippen LogP contribution in [0, 0.1) is 5.92 Å². The molecule has 41 heavy (non-hydrogen) atoms. The molecule has 0 aromatic heterocycles. The molecule has 1 fully saturated rings. The number of anilines is 3. The number of benzene rings is 3. The van der Waals surface area contributed by atoms with Crippen molar-refractivity contribution in [1.82, 2.24) is 0 Å². The Morgan fingerprint density at radius 2 is 1.80 bits per heavy atom. The average Bonchev–Trinajstić information content (AvgIpc) is 3.41. The van der Waals surface area contributed by atoms with E-state index in [0.29, 0.717) is 18.7 Å². The predicted molar refractivity (Wildman–Crippen MR) is 165 cm³/mol. The van der Waals surface area contributed by atoms with Gasteiger partial charge in [-0.05, 0) is 54.4 Å². The Bertz CT molecular complexity index is 1430. The van der Waals surface area contributed by atoms with E-state index in [1.165, 1.54) is 5.19 Å². The summed E-state index contributed by atoms with van der Waals surface area (Å²) in [4.78, 5) is 30.1. The number of aliphatic hydroxyl groups excluding tert-OH is 1. The maximum atomic E-state index is 14.5. The van der Waals surface area contributed by atoms with E-state index >= 15 is 0 Å². The molecule has 1 N–H and O–H groups in total. The maximum absolute atomic E-state index is 14.5. The number of para-hydroxylation sites is 1. The van der Waals surface area contributed by atoms with Crippen molar-refractivity contribution in [2.75, 3.05) is 30.1 Å². The number of fused-ring (bicyclic) bond motifs is 2. The van der Waals surface area contributed by atoms with Crippen LogP contribution in [0.2, 0.25) is 18.6 Å². The Morgan fingerprint density at radius 3 is 2.41 bits per heavy atom. The molecule has 2 amide bonds. The van der Waals surface area contributed by atoms with E-state index in [9.17, 15) is 14.7 Å². The molecule has 3 aromatic carbocycles. The van der Waals surface area contributed by atoms with Crippen molar-refractivity contribution >= 4 is 42.6 Å². The SMILES string of the molecule is C=CCN1C(=O)[C@@]2(O[C@@H](CCO)[C@H]([Si](C)(C)c3ccc(OC)cc3)[C@H]2C)c2cc(N(C=O)c3ccccc3)ccc21. The summed E-state index contributed by atoms with van der Waals surface area (Å²) < 4.78 is 12.3. The molecule has 5 rings (SSSR count). The van der Waals surface area contributed by atoms with Gasteiger partial charge in [0.15, 0.2) is 5.60 Å². The van der Waals surface area contributed by atoms with Crippen LogP contribution < -0.4 is 19.7 Å². The van der Waals surface area contributed by atoms with Crippen molar-refractivity contribution in [2.24, 2.45) is 5.92 Å². The fourth-order valence-corrected chi connectivity index (χ4v) is 11.1. The van der Waals surface area contributed by atoms with Gasteiger partial charge in [0.1, 0.15) is 5.75 Å². The number of ether oxygens (including phenoxy) is 2. The van der Waals surface area contributed by atoms with Gasteiger partial charge < -0.3 is 19.5 Å². The third-order valence-corrected chi connectivity index (χ3v) is 13.3. The van der Waals surface area contributed by atoms with Gasteiger partial charge in [0.2, 0.25) is 6.41 Å². The first-order valence-electron chi connectivity index (χ1n) is 14.0. The Morgan fingerprint density at radius 1 is 1.10 bits per heavy atom. The summed E-state index contributed by atoms with van der Waals surface area (Å²) in [6.45, 7) is 10.9. The summed E-state index contributed by atoms with van der Waals surface area (Å²) in [6, 6.07) is 23.3. The van der Waals surface area contributed by atoms with Gasteiger partial charge in [-0.25, -0.2) is 0 Å². The molecule has 2 heterocycles. The summed E-state index contributed by atoms with van der Waals surface area (Å²) >= 11 is 0. The molecule has 1 saturated heterocycles. The standard InChI is InChI=1S/C33H38N2O5Si/c1-6-19-34-29-17-12-25(35(22-37)24-10-8-7-9-11-24)21-28(29)33(32(34)38)23(2)31(30(40-33)18-20-36)41(4,5)27-15-13-26(39-3)14-16-27/h6-17,21-23,30-31,36H,1,18-20H2,2-5H3/t23-,30+,31-,33+/m1/s1. The van der Waals surface area contributed by atoms with Crippen molar-refractivity contribution < 1.29 is 24.2 Å². The maximum Gasteiger partial charge on any atom is 0.264 e. The number of rotatable bonds is 10. The number of carbonyl (C=O) groups excluding carboxylic acids is 2. The Labute approximate surface area is 243 Å². The molecule has 8 heteroatoms. The first kappa shape index (κ1) is 28.8. The van der Waals surface area contributed by atoms with Crippen LogP contribution in [0.4, 0.5) is 17.1 Å². The molecule has 0 bridgehead atoms. The van der Waals surface area contributed by atoms with Gasteiger partial charge in [-0.3, -0.25) is 14.5 Å². The lowest BCUT2D eigenvalue weighted by atomic mass is 9.82. The molecule has 214 valence electrons. The third-order valence-electron chi connectivity index (χ3n) is 8.96. The van der Waals surface area contributed by atoms with Crippen molar-refractivity contribution in [3.63, 3.8) is 0 Å². The number of aliphatic hydroxyl groups is 1. The zero-order chi connectivity index (χ0) is 29.4. The minimum Gasteiger partial charge on any atom is -0.497 e. The molecule has 4 atom stereocenters. The van der Waals surface area contributed by atoms with Gasteiger partial charge in [-0.2, -0.15) is 0 Å². The Kier molecular flexibility index (Phi) is 7.92. The minimum atomic E-state index is -2.27. The number of amides is 2. The quantitative estimate of drug-likeness (QED) is 0.208. The van der Waals surface area contributed by atoms with Gasteiger partial charge in [0.05, 0.1) is 27.0 Å². The topological polar surface area (TPSA) is 79.3 Å². The highest BCUT2D eigenvalue weighted by Gasteiger charge is 2.66. The van der Waals surface area contributed by atoms with Crippen molar-refractivity contribution in [3.8, 4) is 5.75 Å². The fourth-order valence-electron chi connectivity index (χ4n) is 7.02. The van der Waals surface area contributed by atoms with Crippen LogP contribution >= 0.6 is 0 Å². The summed E-state index contributed by atoms with van der Waals surface area (Å²) in [5.74, 6) is 0.475.